The molecule has 2 aliphatic rings. The lowest BCUT2D eigenvalue weighted by Crippen LogP contribution is -2.58. The molecule has 0 aliphatic carbocycles. The number of rotatable bonds is 2. The van der Waals surface area contributed by atoms with Gasteiger partial charge in [0.2, 0.25) is 5.91 Å². The van der Waals surface area contributed by atoms with Crippen LogP contribution < -0.4 is 5.32 Å². The van der Waals surface area contributed by atoms with Crippen molar-refractivity contribution < 1.29 is 4.79 Å². The quantitative estimate of drug-likeness (QED) is 0.770. The minimum Gasteiger partial charge on any atom is -0.341 e. The van der Waals surface area contributed by atoms with Crippen molar-refractivity contribution in [1.82, 2.24) is 15.1 Å². The normalized spacial score (nSPS) is 29.1. The first-order chi connectivity index (χ1) is 8.20. The summed E-state index contributed by atoms with van der Waals surface area (Å²) in [5, 5.41) is 3.37. The molecule has 0 aromatic rings. The Kier molecular flexibility index (Phi) is 4.40. The van der Waals surface area contributed by atoms with Crippen molar-refractivity contribution in [3.05, 3.63) is 0 Å². The summed E-state index contributed by atoms with van der Waals surface area (Å²) in [5.74, 6) is 0.332. The van der Waals surface area contributed by atoms with E-state index in [2.05, 4.69) is 29.0 Å². The summed E-state index contributed by atoms with van der Waals surface area (Å²) in [5.41, 5.74) is 0. The van der Waals surface area contributed by atoms with Crippen LogP contribution in [0.3, 0.4) is 0 Å². The maximum atomic E-state index is 12.4. The highest BCUT2D eigenvalue weighted by molar-refractivity contribution is 5.81. The SMILES string of the molecule is CC(C(=O)N1CCCCC1)N1CCNC[C@H]1C. The third-order valence-corrected chi connectivity index (χ3v) is 4.08. The third-order valence-electron chi connectivity index (χ3n) is 4.08. The standard InChI is InChI=1S/C13H25N3O/c1-11-10-14-6-9-16(11)12(2)13(17)15-7-4-3-5-8-15/h11-12,14H,3-10H2,1-2H3/t11-,12?/m1/s1. The van der Waals surface area contributed by atoms with Gasteiger partial charge in [0.1, 0.15) is 0 Å². The smallest absolute Gasteiger partial charge is 0.239 e. The van der Waals surface area contributed by atoms with Gasteiger partial charge in [-0.25, -0.2) is 0 Å². The number of amides is 1. The van der Waals surface area contributed by atoms with Crippen LogP contribution in [0.1, 0.15) is 33.1 Å². The molecule has 0 radical (unpaired) electrons. The Hall–Kier alpha value is -0.610. The average molecular weight is 239 g/mol. The van der Waals surface area contributed by atoms with E-state index >= 15 is 0 Å². The van der Waals surface area contributed by atoms with Crippen LogP contribution in [-0.2, 0) is 4.79 Å². The van der Waals surface area contributed by atoms with E-state index in [4.69, 9.17) is 0 Å². The molecule has 1 amide bonds. The number of carbonyl (C=O) groups is 1. The van der Waals surface area contributed by atoms with Crippen molar-refractivity contribution in [2.75, 3.05) is 32.7 Å². The van der Waals surface area contributed by atoms with Crippen molar-refractivity contribution in [2.24, 2.45) is 0 Å². The van der Waals surface area contributed by atoms with Gasteiger partial charge in [0.15, 0.2) is 0 Å². The molecule has 2 aliphatic heterocycles. The van der Waals surface area contributed by atoms with Gasteiger partial charge in [-0.2, -0.15) is 0 Å². The molecule has 2 saturated heterocycles. The number of carbonyl (C=O) groups excluding carboxylic acids is 1. The van der Waals surface area contributed by atoms with E-state index < -0.39 is 0 Å². The first-order valence-corrected chi connectivity index (χ1v) is 6.95. The van der Waals surface area contributed by atoms with Gasteiger partial charge in [0, 0.05) is 38.8 Å². The van der Waals surface area contributed by atoms with Gasteiger partial charge < -0.3 is 10.2 Å². The molecule has 2 rings (SSSR count). The molecule has 0 saturated carbocycles. The zero-order valence-corrected chi connectivity index (χ0v) is 11.1. The van der Waals surface area contributed by atoms with Gasteiger partial charge >= 0.3 is 0 Å². The predicted molar refractivity (Wildman–Crippen MR) is 68.9 cm³/mol. The van der Waals surface area contributed by atoms with Crippen LogP contribution >= 0.6 is 0 Å². The molecule has 0 bridgehead atoms. The molecular weight excluding hydrogens is 214 g/mol. The average Bonchev–Trinajstić information content (AvgIpc) is 2.39. The second-order valence-corrected chi connectivity index (χ2v) is 5.35. The second-order valence-electron chi connectivity index (χ2n) is 5.35. The van der Waals surface area contributed by atoms with Crippen LogP contribution in [0, 0.1) is 0 Å². The lowest BCUT2D eigenvalue weighted by Gasteiger charge is -2.40. The summed E-state index contributed by atoms with van der Waals surface area (Å²) in [6.07, 6.45) is 3.63. The number of likely N-dealkylation sites (tertiary alicyclic amines) is 1. The highest BCUT2D eigenvalue weighted by atomic mass is 16.2. The van der Waals surface area contributed by atoms with Crippen molar-refractivity contribution >= 4 is 5.91 Å². The molecule has 0 aromatic heterocycles. The molecule has 2 fully saturated rings. The summed E-state index contributed by atoms with van der Waals surface area (Å²) in [6.45, 7) is 9.18. The van der Waals surface area contributed by atoms with Crippen LogP contribution in [0.25, 0.3) is 0 Å². The van der Waals surface area contributed by atoms with Gasteiger partial charge in [0.25, 0.3) is 0 Å². The predicted octanol–water partition coefficient (Wildman–Crippen LogP) is 0.681. The molecule has 0 aromatic carbocycles. The minimum absolute atomic E-state index is 0.0465. The molecule has 17 heavy (non-hydrogen) atoms. The number of piperazine rings is 1. The Balaban J connectivity index is 1.92. The largest absolute Gasteiger partial charge is 0.341 e. The Labute approximate surface area is 104 Å². The molecule has 4 heteroatoms. The molecule has 1 N–H and O–H groups in total. The van der Waals surface area contributed by atoms with Crippen LogP contribution in [-0.4, -0.2) is 60.5 Å². The number of hydrogen-bond donors (Lipinski definition) is 1. The van der Waals surface area contributed by atoms with Gasteiger partial charge in [-0.3, -0.25) is 9.69 Å². The fourth-order valence-electron chi connectivity index (χ4n) is 2.95. The Morgan fingerprint density at radius 3 is 2.59 bits per heavy atom. The summed E-state index contributed by atoms with van der Waals surface area (Å²) >= 11 is 0. The Morgan fingerprint density at radius 1 is 1.24 bits per heavy atom. The fraction of sp³-hybridized carbons (Fsp3) is 0.923. The van der Waals surface area contributed by atoms with E-state index in [0.29, 0.717) is 11.9 Å². The summed E-state index contributed by atoms with van der Waals surface area (Å²) in [7, 11) is 0. The molecule has 2 heterocycles. The van der Waals surface area contributed by atoms with E-state index in [1.165, 1.54) is 19.3 Å². The molecule has 98 valence electrons. The monoisotopic (exact) mass is 239 g/mol. The van der Waals surface area contributed by atoms with Crippen LogP contribution in [0.2, 0.25) is 0 Å². The number of piperidine rings is 1. The van der Waals surface area contributed by atoms with Crippen LogP contribution in [0.5, 0.6) is 0 Å². The van der Waals surface area contributed by atoms with Crippen molar-refractivity contribution in [3.8, 4) is 0 Å². The molecule has 4 nitrogen and oxygen atoms in total. The van der Waals surface area contributed by atoms with E-state index in [1.807, 2.05) is 0 Å². The first kappa shape index (κ1) is 12.8. The zero-order chi connectivity index (χ0) is 12.3. The van der Waals surface area contributed by atoms with E-state index in [1.54, 1.807) is 0 Å². The van der Waals surface area contributed by atoms with Crippen molar-refractivity contribution in [3.63, 3.8) is 0 Å². The highest BCUT2D eigenvalue weighted by Crippen LogP contribution is 2.14. The lowest BCUT2D eigenvalue weighted by molar-refractivity contribution is -0.138. The number of nitrogens with zero attached hydrogens (tertiary/aromatic N) is 2. The summed E-state index contributed by atoms with van der Waals surface area (Å²) in [4.78, 5) is 16.8. The van der Waals surface area contributed by atoms with E-state index in [9.17, 15) is 4.79 Å². The van der Waals surface area contributed by atoms with Crippen molar-refractivity contribution in [1.29, 1.82) is 0 Å². The number of hydrogen-bond acceptors (Lipinski definition) is 3. The van der Waals surface area contributed by atoms with E-state index in [-0.39, 0.29) is 6.04 Å². The topological polar surface area (TPSA) is 35.6 Å². The fourth-order valence-corrected chi connectivity index (χ4v) is 2.95. The van der Waals surface area contributed by atoms with Gasteiger partial charge in [-0.15, -0.1) is 0 Å². The number of nitrogens with one attached hydrogen (secondary N) is 1. The van der Waals surface area contributed by atoms with Crippen molar-refractivity contribution in [2.45, 2.75) is 45.2 Å². The third kappa shape index (κ3) is 2.99. The Morgan fingerprint density at radius 2 is 1.94 bits per heavy atom. The molecular formula is C13H25N3O. The van der Waals surface area contributed by atoms with Gasteiger partial charge in [-0.1, -0.05) is 0 Å². The highest BCUT2D eigenvalue weighted by Gasteiger charge is 2.30. The molecule has 0 spiro atoms. The zero-order valence-electron chi connectivity index (χ0n) is 11.1. The van der Waals surface area contributed by atoms with Crippen LogP contribution in [0.15, 0.2) is 0 Å². The molecule has 2 atom stereocenters. The molecule has 1 unspecified atom stereocenters. The lowest BCUT2D eigenvalue weighted by atomic mass is 10.1. The maximum absolute atomic E-state index is 12.4. The van der Waals surface area contributed by atoms with Crippen LogP contribution in [0.4, 0.5) is 0 Å². The minimum atomic E-state index is 0.0465. The summed E-state index contributed by atoms with van der Waals surface area (Å²) < 4.78 is 0. The maximum Gasteiger partial charge on any atom is 0.239 e. The van der Waals surface area contributed by atoms with Gasteiger partial charge in [0.05, 0.1) is 6.04 Å². The van der Waals surface area contributed by atoms with Gasteiger partial charge in [-0.05, 0) is 33.1 Å². The summed E-state index contributed by atoms with van der Waals surface area (Å²) in [6, 6.07) is 0.512. The first-order valence-electron chi connectivity index (χ1n) is 6.95. The second kappa shape index (κ2) is 5.83. The Bertz CT molecular complexity index is 263. The van der Waals surface area contributed by atoms with E-state index in [0.717, 1.165) is 32.7 Å².